The summed E-state index contributed by atoms with van der Waals surface area (Å²) in [5, 5.41) is 1.34. The highest BCUT2D eigenvalue weighted by molar-refractivity contribution is 6.38. The molecule has 0 amide bonds. The van der Waals surface area contributed by atoms with Gasteiger partial charge in [-0.05, 0) is 73.7 Å². The van der Waals surface area contributed by atoms with Gasteiger partial charge in [-0.1, -0.05) is 99.9 Å². The number of benzene rings is 5. The second-order valence-electron chi connectivity index (χ2n) is 12.9. The fourth-order valence-corrected chi connectivity index (χ4v) is 7.15. The summed E-state index contributed by atoms with van der Waals surface area (Å²) in [5.74, 6) is -1.29. The Morgan fingerprint density at radius 2 is 0.818 bits per heavy atom. The molecule has 3 heterocycles. The summed E-state index contributed by atoms with van der Waals surface area (Å²) in [6, 6.07) is 28.6. The number of aryl methyl sites for hydroxylation is 1. The minimum Gasteiger partial charge on any atom is -0.494 e. The van der Waals surface area contributed by atoms with Crippen molar-refractivity contribution in [3.8, 4) is 34.9 Å². The molecule has 0 aliphatic carbocycles. The third-order valence-corrected chi connectivity index (χ3v) is 10.6. The predicted octanol–water partition coefficient (Wildman–Crippen LogP) is 12.3. The van der Waals surface area contributed by atoms with Crippen molar-refractivity contribution in [2.75, 3.05) is 21.3 Å². The third kappa shape index (κ3) is 11.6. The SMILES string of the molecule is COc1c(Cl)ccc(Cl)c1C(=O)Oc1ccccn1.COc1c(Cl)ccc(Cl)c1C(=O)Oc1cnc2ccccc2n1.COc1c(Cl)ccc(Cl)c1C(=O)Oc1nc2ccccc2nc1C. The first-order valence-corrected chi connectivity index (χ1v) is 21.1. The maximum atomic E-state index is 12.5. The van der Waals surface area contributed by atoms with Crippen LogP contribution in [0.15, 0.2) is 116 Å². The van der Waals surface area contributed by atoms with Gasteiger partial charge in [0.2, 0.25) is 17.6 Å². The molecule has 66 heavy (non-hydrogen) atoms. The molecule has 14 nitrogen and oxygen atoms in total. The van der Waals surface area contributed by atoms with Crippen molar-refractivity contribution < 1.29 is 42.8 Å². The summed E-state index contributed by atoms with van der Waals surface area (Å²) >= 11 is 36.1. The van der Waals surface area contributed by atoms with E-state index in [1.54, 1.807) is 49.4 Å². The number of ether oxygens (including phenoxy) is 6. The Morgan fingerprint density at radius 1 is 0.424 bits per heavy atom. The topological polar surface area (TPSA) is 171 Å². The molecule has 3 aromatic heterocycles. The average Bonchev–Trinajstić information content (AvgIpc) is 3.31. The molecule has 0 radical (unpaired) electrons. The van der Waals surface area contributed by atoms with Crippen LogP contribution in [0.3, 0.4) is 0 Å². The molecule has 20 heteroatoms. The van der Waals surface area contributed by atoms with Crippen molar-refractivity contribution in [2.45, 2.75) is 6.92 Å². The number of halogens is 6. The molecule has 0 saturated heterocycles. The molecule has 336 valence electrons. The molecule has 8 aromatic rings. The quantitative estimate of drug-likeness (QED) is 0.125. The standard InChI is InChI=1S/C17H12Cl2N2O3.C16H10Cl2N2O3.C13H9Cl2NO3/c1-9-16(21-13-6-4-3-5-12(13)20-9)24-17(22)14-10(18)7-8-11(19)15(14)23-2;1-22-15-10(18)7-6-9(17)14(15)16(21)23-13-8-19-11-4-2-3-5-12(11)20-13;1-18-12-9(15)6-5-8(14)11(12)13(17)19-10-4-2-3-7-16-10/h3-8H,1-2H3;2-8H,1H3;2-7H,1H3. The van der Waals surface area contributed by atoms with Crippen LogP contribution in [-0.2, 0) is 0 Å². The lowest BCUT2D eigenvalue weighted by molar-refractivity contribution is 0.0713. The zero-order valence-electron chi connectivity index (χ0n) is 34.6. The van der Waals surface area contributed by atoms with Gasteiger partial charge in [0.25, 0.3) is 0 Å². The second-order valence-corrected chi connectivity index (χ2v) is 15.4. The van der Waals surface area contributed by atoms with Crippen LogP contribution in [0.25, 0.3) is 22.1 Å². The van der Waals surface area contributed by atoms with Crippen molar-refractivity contribution in [1.82, 2.24) is 24.9 Å². The van der Waals surface area contributed by atoms with E-state index < -0.39 is 17.9 Å². The van der Waals surface area contributed by atoms with Crippen molar-refractivity contribution in [1.29, 1.82) is 0 Å². The van der Waals surface area contributed by atoms with Gasteiger partial charge in [-0.25, -0.2) is 39.3 Å². The van der Waals surface area contributed by atoms with Gasteiger partial charge in [0.05, 0.1) is 79.7 Å². The minimum absolute atomic E-state index is 0.0385. The smallest absolute Gasteiger partial charge is 0.350 e. The normalized spacial score (nSPS) is 10.5. The number of hydrogen-bond donors (Lipinski definition) is 0. The first kappa shape index (κ1) is 48.9. The zero-order chi connectivity index (χ0) is 47.5. The molecular weight excluding hydrogens is 979 g/mol. The van der Waals surface area contributed by atoms with E-state index in [2.05, 4.69) is 24.9 Å². The van der Waals surface area contributed by atoms with Crippen LogP contribution >= 0.6 is 69.6 Å². The Bertz CT molecular complexity index is 3090. The maximum Gasteiger partial charge on any atom is 0.350 e. The van der Waals surface area contributed by atoms with Crippen molar-refractivity contribution in [2.24, 2.45) is 0 Å². The van der Waals surface area contributed by atoms with E-state index in [-0.39, 0.29) is 81.7 Å². The van der Waals surface area contributed by atoms with E-state index in [9.17, 15) is 14.4 Å². The third-order valence-electron chi connectivity index (χ3n) is 8.75. The van der Waals surface area contributed by atoms with Gasteiger partial charge in [-0.3, -0.25) is 0 Å². The number of carbonyl (C=O) groups excluding carboxylic acids is 3. The monoisotopic (exact) mass is 1010 g/mol. The summed E-state index contributed by atoms with van der Waals surface area (Å²) in [4.78, 5) is 58.0. The van der Waals surface area contributed by atoms with Crippen LogP contribution in [-0.4, -0.2) is 64.2 Å². The molecule has 5 aromatic carbocycles. The first-order valence-electron chi connectivity index (χ1n) is 18.8. The Kier molecular flexibility index (Phi) is 16.7. The number of rotatable bonds is 9. The van der Waals surface area contributed by atoms with Crippen LogP contribution in [0.5, 0.6) is 34.9 Å². The van der Waals surface area contributed by atoms with Crippen LogP contribution in [0.1, 0.15) is 36.8 Å². The molecule has 0 atom stereocenters. The number of methoxy groups -OCH3 is 3. The number of fused-ring (bicyclic) bond motifs is 2. The first-order chi connectivity index (χ1) is 31.7. The largest absolute Gasteiger partial charge is 0.494 e. The number of para-hydroxylation sites is 4. The van der Waals surface area contributed by atoms with E-state index in [0.29, 0.717) is 27.8 Å². The van der Waals surface area contributed by atoms with Gasteiger partial charge in [-0.2, -0.15) is 0 Å². The maximum absolute atomic E-state index is 12.5. The van der Waals surface area contributed by atoms with Gasteiger partial charge >= 0.3 is 17.9 Å². The fourth-order valence-electron chi connectivity index (χ4n) is 5.77. The lowest BCUT2D eigenvalue weighted by atomic mass is 10.2. The van der Waals surface area contributed by atoms with Crippen molar-refractivity contribution in [3.63, 3.8) is 0 Å². The molecule has 0 aliphatic heterocycles. The van der Waals surface area contributed by atoms with E-state index in [1.807, 2.05) is 36.4 Å². The summed E-state index contributed by atoms with van der Waals surface area (Å²) in [6.07, 6.45) is 2.88. The summed E-state index contributed by atoms with van der Waals surface area (Å²) in [6.45, 7) is 1.71. The zero-order valence-corrected chi connectivity index (χ0v) is 39.2. The number of pyridine rings is 1. The average molecular weight is 1010 g/mol. The molecule has 0 bridgehead atoms. The summed E-state index contributed by atoms with van der Waals surface area (Å²) in [5.41, 5.74) is 3.29. The van der Waals surface area contributed by atoms with E-state index in [4.69, 9.17) is 98.0 Å². The summed E-state index contributed by atoms with van der Waals surface area (Å²) < 4.78 is 31.1. The van der Waals surface area contributed by atoms with Crippen molar-refractivity contribution in [3.05, 3.63) is 168 Å². The number of esters is 3. The number of aromatic nitrogens is 5. The van der Waals surface area contributed by atoms with E-state index in [0.717, 1.165) is 0 Å². The van der Waals surface area contributed by atoms with Crippen molar-refractivity contribution >= 4 is 110 Å². The highest BCUT2D eigenvalue weighted by Crippen LogP contribution is 2.37. The van der Waals surface area contributed by atoms with Gasteiger partial charge in [0, 0.05) is 12.3 Å². The Balaban J connectivity index is 0.000000165. The van der Waals surface area contributed by atoms with Gasteiger partial charge in [-0.15, -0.1) is 0 Å². The molecule has 0 spiro atoms. The van der Waals surface area contributed by atoms with Crippen LogP contribution in [0, 0.1) is 6.92 Å². The molecule has 0 aliphatic rings. The second kappa shape index (κ2) is 22.6. The Labute approximate surface area is 406 Å². The van der Waals surface area contributed by atoms with E-state index >= 15 is 0 Å². The predicted molar refractivity (Wildman–Crippen MR) is 252 cm³/mol. The van der Waals surface area contributed by atoms with Crippen LogP contribution in [0.4, 0.5) is 0 Å². The van der Waals surface area contributed by atoms with Crippen LogP contribution < -0.4 is 28.4 Å². The minimum atomic E-state index is -0.723. The molecule has 0 saturated carbocycles. The van der Waals surface area contributed by atoms with Gasteiger partial charge in [0.15, 0.2) is 17.2 Å². The fraction of sp³-hybridized carbons (Fsp3) is 0.0870. The Hall–Kier alpha value is -6.52. The lowest BCUT2D eigenvalue weighted by Crippen LogP contribution is -2.13. The highest BCUT2D eigenvalue weighted by atomic mass is 35.5. The van der Waals surface area contributed by atoms with E-state index in [1.165, 1.54) is 58.0 Å². The number of hydrogen-bond acceptors (Lipinski definition) is 14. The van der Waals surface area contributed by atoms with Gasteiger partial charge in [0.1, 0.15) is 22.4 Å². The highest BCUT2D eigenvalue weighted by Gasteiger charge is 2.25. The lowest BCUT2D eigenvalue weighted by Gasteiger charge is -2.12. The number of carbonyl (C=O) groups is 3. The van der Waals surface area contributed by atoms with Gasteiger partial charge < -0.3 is 28.4 Å². The molecule has 0 fully saturated rings. The molecular formula is C46H31Cl6N5O9. The molecule has 0 unspecified atom stereocenters. The number of nitrogens with zero attached hydrogens (tertiary/aromatic N) is 5. The molecule has 8 rings (SSSR count). The Morgan fingerprint density at radius 3 is 1.27 bits per heavy atom. The molecule has 0 N–H and O–H groups in total. The summed E-state index contributed by atoms with van der Waals surface area (Å²) in [7, 11) is 4.19. The van der Waals surface area contributed by atoms with Crippen LogP contribution in [0.2, 0.25) is 30.1 Å².